The molecule has 2 rings (SSSR count). The molecule has 0 fully saturated rings. The van der Waals surface area contributed by atoms with Gasteiger partial charge in [0.05, 0.1) is 5.02 Å². The van der Waals surface area contributed by atoms with Gasteiger partial charge in [0.1, 0.15) is 22.2 Å². The Labute approximate surface area is 122 Å². The highest BCUT2D eigenvalue weighted by Crippen LogP contribution is 2.29. The zero-order valence-corrected chi connectivity index (χ0v) is 12.4. The first-order chi connectivity index (χ1) is 9.20. The molecule has 0 aliphatic carbocycles. The molecule has 1 N–H and O–H groups in total. The summed E-state index contributed by atoms with van der Waals surface area (Å²) >= 11 is 7.33. The molecule has 0 radical (unpaired) electrons. The van der Waals surface area contributed by atoms with E-state index in [1.807, 2.05) is 19.1 Å². The molecule has 0 unspecified atom stereocenters. The van der Waals surface area contributed by atoms with Gasteiger partial charge in [-0.1, -0.05) is 18.5 Å². The number of halogens is 1. The summed E-state index contributed by atoms with van der Waals surface area (Å²) in [5.41, 5.74) is 1.04. The van der Waals surface area contributed by atoms with Crippen molar-refractivity contribution >= 4 is 29.2 Å². The Kier molecular flexibility index (Phi) is 4.99. The Bertz CT molecular complexity index is 545. The third kappa shape index (κ3) is 3.81. The first kappa shape index (κ1) is 14.1. The van der Waals surface area contributed by atoms with Crippen LogP contribution < -0.4 is 5.32 Å². The summed E-state index contributed by atoms with van der Waals surface area (Å²) in [6.45, 7) is 5.04. The van der Waals surface area contributed by atoms with E-state index >= 15 is 0 Å². The van der Waals surface area contributed by atoms with Gasteiger partial charge in [0, 0.05) is 18.3 Å². The van der Waals surface area contributed by atoms with Crippen LogP contribution in [0.15, 0.2) is 34.7 Å². The average Bonchev–Trinajstić information content (AvgIpc) is 2.42. The lowest BCUT2D eigenvalue weighted by Gasteiger charge is -2.10. The van der Waals surface area contributed by atoms with Crippen LogP contribution in [0.25, 0.3) is 0 Å². The van der Waals surface area contributed by atoms with Gasteiger partial charge in [-0.3, -0.25) is 0 Å². The monoisotopic (exact) mass is 294 g/mol. The van der Waals surface area contributed by atoms with E-state index < -0.39 is 0 Å². The van der Waals surface area contributed by atoms with Crippen molar-refractivity contribution < 1.29 is 0 Å². The molecule has 19 heavy (non-hydrogen) atoms. The normalized spacial score (nSPS) is 10.5. The molecule has 0 saturated carbocycles. The smallest absolute Gasteiger partial charge is 0.133 e. The lowest BCUT2D eigenvalue weighted by atomic mass is 10.3. The lowest BCUT2D eigenvalue weighted by Crippen LogP contribution is -2.05. The molecular formula is C13H15ClN4S. The van der Waals surface area contributed by atoms with Crippen LogP contribution in [0.3, 0.4) is 0 Å². The molecule has 6 heteroatoms. The molecule has 0 saturated heterocycles. The van der Waals surface area contributed by atoms with Crippen LogP contribution in [0.4, 0.5) is 5.82 Å². The fraction of sp³-hybridized carbons (Fsp3) is 0.308. The zero-order valence-electron chi connectivity index (χ0n) is 10.9. The molecule has 0 aliphatic rings. The summed E-state index contributed by atoms with van der Waals surface area (Å²) in [6, 6.07) is 3.71. The van der Waals surface area contributed by atoms with Gasteiger partial charge in [0.2, 0.25) is 0 Å². The second-order valence-electron chi connectivity index (χ2n) is 4.00. The molecule has 0 bridgehead atoms. The van der Waals surface area contributed by atoms with Crippen LogP contribution in [0.5, 0.6) is 0 Å². The van der Waals surface area contributed by atoms with Gasteiger partial charge in [0.15, 0.2) is 0 Å². The minimum absolute atomic E-state index is 0.633. The summed E-state index contributed by atoms with van der Waals surface area (Å²) < 4.78 is 0. The van der Waals surface area contributed by atoms with Crippen molar-refractivity contribution in [1.82, 2.24) is 15.0 Å². The minimum atomic E-state index is 0.633. The number of nitrogens with one attached hydrogen (secondary N) is 1. The first-order valence-electron chi connectivity index (χ1n) is 6.05. The van der Waals surface area contributed by atoms with E-state index in [1.54, 1.807) is 12.5 Å². The second-order valence-corrected chi connectivity index (χ2v) is 5.44. The van der Waals surface area contributed by atoms with Crippen molar-refractivity contribution in [3.8, 4) is 0 Å². The molecule has 2 aromatic rings. The Balaban J connectivity index is 2.18. The highest BCUT2D eigenvalue weighted by Gasteiger charge is 2.08. The number of hydrogen-bond donors (Lipinski definition) is 1. The number of nitrogens with zero attached hydrogens (tertiary/aromatic N) is 3. The largest absolute Gasteiger partial charge is 0.370 e. The maximum atomic E-state index is 5.82. The van der Waals surface area contributed by atoms with Crippen molar-refractivity contribution in [2.45, 2.75) is 30.3 Å². The zero-order chi connectivity index (χ0) is 13.7. The fourth-order valence-electron chi connectivity index (χ4n) is 1.48. The van der Waals surface area contributed by atoms with Crippen LogP contribution in [0.1, 0.15) is 18.9 Å². The number of aromatic nitrogens is 3. The molecule has 4 nitrogen and oxygen atoms in total. The van der Waals surface area contributed by atoms with E-state index in [1.165, 1.54) is 11.8 Å². The van der Waals surface area contributed by atoms with Crippen LogP contribution in [0.2, 0.25) is 5.02 Å². The van der Waals surface area contributed by atoms with Gasteiger partial charge >= 0.3 is 0 Å². The van der Waals surface area contributed by atoms with E-state index in [0.717, 1.165) is 34.4 Å². The molecular weight excluding hydrogens is 280 g/mol. The molecule has 0 aliphatic heterocycles. The van der Waals surface area contributed by atoms with E-state index in [0.29, 0.717) is 5.02 Å². The SMILES string of the molecule is CCCNc1ncnc(Sc2ccc(Cl)cn2)c1C. The van der Waals surface area contributed by atoms with E-state index in [2.05, 4.69) is 27.2 Å². The lowest BCUT2D eigenvalue weighted by molar-refractivity contribution is 0.937. The summed E-state index contributed by atoms with van der Waals surface area (Å²) in [5, 5.41) is 5.70. The van der Waals surface area contributed by atoms with Gasteiger partial charge in [0.25, 0.3) is 0 Å². The molecule has 0 atom stereocenters. The Hall–Kier alpha value is -1.33. The van der Waals surface area contributed by atoms with Crippen LogP contribution >= 0.6 is 23.4 Å². The standard InChI is InChI=1S/C13H15ClN4S/c1-3-6-15-12-9(2)13(18-8-17-12)19-11-5-4-10(14)7-16-11/h4-5,7-8H,3,6H2,1-2H3,(H,15,17,18). The number of rotatable bonds is 5. The van der Waals surface area contributed by atoms with E-state index in [9.17, 15) is 0 Å². The predicted molar refractivity (Wildman–Crippen MR) is 78.9 cm³/mol. The van der Waals surface area contributed by atoms with Crippen molar-refractivity contribution in [3.63, 3.8) is 0 Å². The van der Waals surface area contributed by atoms with E-state index in [4.69, 9.17) is 11.6 Å². The van der Waals surface area contributed by atoms with Gasteiger partial charge in [-0.25, -0.2) is 15.0 Å². The average molecular weight is 295 g/mol. The third-order valence-electron chi connectivity index (χ3n) is 2.48. The van der Waals surface area contributed by atoms with Crippen LogP contribution in [-0.4, -0.2) is 21.5 Å². The number of hydrogen-bond acceptors (Lipinski definition) is 5. The second kappa shape index (κ2) is 6.73. The summed E-state index contributed by atoms with van der Waals surface area (Å²) in [4.78, 5) is 12.8. The highest BCUT2D eigenvalue weighted by molar-refractivity contribution is 7.99. The molecule has 0 aromatic carbocycles. The topological polar surface area (TPSA) is 50.7 Å². The Morgan fingerprint density at radius 3 is 2.79 bits per heavy atom. The number of anilines is 1. The van der Waals surface area contributed by atoms with Crippen molar-refractivity contribution in [3.05, 3.63) is 35.2 Å². The highest BCUT2D eigenvalue weighted by atomic mass is 35.5. The molecule has 2 heterocycles. The Morgan fingerprint density at radius 1 is 1.26 bits per heavy atom. The van der Waals surface area contributed by atoms with Crippen LogP contribution in [0, 0.1) is 6.92 Å². The fourth-order valence-corrected chi connectivity index (χ4v) is 2.38. The molecule has 0 amide bonds. The summed E-state index contributed by atoms with van der Waals surface area (Å²) in [5.74, 6) is 0.883. The minimum Gasteiger partial charge on any atom is -0.370 e. The van der Waals surface area contributed by atoms with Crippen molar-refractivity contribution in [1.29, 1.82) is 0 Å². The third-order valence-corrected chi connectivity index (χ3v) is 3.76. The van der Waals surface area contributed by atoms with Crippen molar-refractivity contribution in [2.24, 2.45) is 0 Å². The van der Waals surface area contributed by atoms with Crippen LogP contribution in [-0.2, 0) is 0 Å². The molecule has 0 spiro atoms. The summed E-state index contributed by atoms with van der Waals surface area (Å²) in [6.07, 6.45) is 4.27. The predicted octanol–water partition coefficient (Wildman–Crippen LogP) is 3.81. The summed E-state index contributed by atoms with van der Waals surface area (Å²) in [7, 11) is 0. The maximum absolute atomic E-state index is 5.82. The van der Waals surface area contributed by atoms with Crippen molar-refractivity contribution in [2.75, 3.05) is 11.9 Å². The van der Waals surface area contributed by atoms with Gasteiger partial charge in [-0.2, -0.15) is 0 Å². The van der Waals surface area contributed by atoms with Gasteiger partial charge < -0.3 is 5.32 Å². The van der Waals surface area contributed by atoms with E-state index in [-0.39, 0.29) is 0 Å². The Morgan fingerprint density at radius 2 is 2.11 bits per heavy atom. The quantitative estimate of drug-likeness (QED) is 0.850. The first-order valence-corrected chi connectivity index (χ1v) is 7.25. The number of pyridine rings is 1. The van der Waals surface area contributed by atoms with Gasteiger partial charge in [-0.15, -0.1) is 0 Å². The molecule has 100 valence electrons. The maximum Gasteiger partial charge on any atom is 0.133 e. The molecule has 2 aromatic heterocycles. The van der Waals surface area contributed by atoms with Gasteiger partial charge in [-0.05, 0) is 37.2 Å².